The van der Waals surface area contributed by atoms with Gasteiger partial charge < -0.3 is 20.0 Å². The van der Waals surface area contributed by atoms with Gasteiger partial charge in [-0.3, -0.25) is 4.79 Å². The van der Waals surface area contributed by atoms with Crippen LogP contribution in [0, 0.1) is 6.92 Å². The molecule has 27 heavy (non-hydrogen) atoms. The summed E-state index contributed by atoms with van der Waals surface area (Å²) in [4.78, 5) is 25.4. The van der Waals surface area contributed by atoms with E-state index < -0.39 is 0 Å². The van der Waals surface area contributed by atoms with Crippen molar-refractivity contribution in [3.05, 3.63) is 53.4 Å². The molecule has 0 aliphatic carbocycles. The molecule has 0 fully saturated rings. The standard InChI is InChI=1S/C19H19N5O2S/c1-12-10-24(11-21-12)8-3-7-20-19(26)13-5-6-14(25)17-16(13)22-18(23-17)15-4-2-9-27-15/h2,4-6,9-11,25H,3,7-8H2,1H3,(H,20,26)(H,22,23). The van der Waals surface area contributed by atoms with E-state index in [1.807, 2.05) is 35.2 Å². The van der Waals surface area contributed by atoms with Crippen LogP contribution in [0.5, 0.6) is 5.75 Å². The van der Waals surface area contributed by atoms with Gasteiger partial charge in [-0.25, -0.2) is 9.97 Å². The fourth-order valence-electron chi connectivity index (χ4n) is 2.94. The van der Waals surface area contributed by atoms with Crippen molar-refractivity contribution in [1.29, 1.82) is 0 Å². The molecule has 4 rings (SSSR count). The van der Waals surface area contributed by atoms with Gasteiger partial charge in [-0.15, -0.1) is 11.3 Å². The van der Waals surface area contributed by atoms with Crippen LogP contribution in [-0.2, 0) is 6.54 Å². The lowest BCUT2D eigenvalue weighted by Gasteiger charge is -2.07. The van der Waals surface area contributed by atoms with Crippen molar-refractivity contribution in [2.45, 2.75) is 19.9 Å². The van der Waals surface area contributed by atoms with Gasteiger partial charge in [0.1, 0.15) is 22.6 Å². The van der Waals surface area contributed by atoms with Gasteiger partial charge in [0, 0.05) is 19.3 Å². The molecule has 0 radical (unpaired) electrons. The van der Waals surface area contributed by atoms with E-state index in [1.165, 1.54) is 6.07 Å². The molecule has 0 unspecified atom stereocenters. The van der Waals surface area contributed by atoms with Crippen molar-refractivity contribution in [3.8, 4) is 16.5 Å². The summed E-state index contributed by atoms with van der Waals surface area (Å²) in [5, 5.41) is 15.0. The maximum atomic E-state index is 12.6. The van der Waals surface area contributed by atoms with Crippen LogP contribution in [0.4, 0.5) is 0 Å². The van der Waals surface area contributed by atoms with Crippen LogP contribution in [0.1, 0.15) is 22.5 Å². The molecule has 3 aromatic heterocycles. The highest BCUT2D eigenvalue weighted by molar-refractivity contribution is 7.13. The molecule has 138 valence electrons. The number of imidazole rings is 2. The van der Waals surface area contributed by atoms with Crippen LogP contribution in [0.25, 0.3) is 21.7 Å². The van der Waals surface area contributed by atoms with Crippen LogP contribution in [-0.4, -0.2) is 37.1 Å². The van der Waals surface area contributed by atoms with Gasteiger partial charge in [0.2, 0.25) is 0 Å². The van der Waals surface area contributed by atoms with E-state index in [-0.39, 0.29) is 11.7 Å². The molecule has 0 atom stereocenters. The lowest BCUT2D eigenvalue weighted by molar-refractivity contribution is 0.0954. The van der Waals surface area contributed by atoms with E-state index in [0.29, 0.717) is 29.0 Å². The number of phenols is 1. The molecule has 0 spiro atoms. The lowest BCUT2D eigenvalue weighted by atomic mass is 10.1. The predicted octanol–water partition coefficient (Wildman–Crippen LogP) is 3.32. The molecule has 0 saturated carbocycles. The van der Waals surface area contributed by atoms with Gasteiger partial charge >= 0.3 is 0 Å². The number of phenolic OH excluding ortho intramolecular Hbond substituents is 1. The normalized spacial score (nSPS) is 11.1. The third-order valence-corrected chi connectivity index (χ3v) is 5.14. The molecular formula is C19H19N5O2S. The lowest BCUT2D eigenvalue weighted by Crippen LogP contribution is -2.25. The number of aromatic amines is 1. The molecule has 1 aromatic carbocycles. The first kappa shape index (κ1) is 17.3. The Kier molecular flexibility index (Phi) is 4.64. The van der Waals surface area contributed by atoms with Gasteiger partial charge in [0.25, 0.3) is 5.91 Å². The van der Waals surface area contributed by atoms with Crippen molar-refractivity contribution in [3.63, 3.8) is 0 Å². The quantitative estimate of drug-likeness (QED) is 0.447. The number of aromatic nitrogens is 4. The van der Waals surface area contributed by atoms with Crippen LogP contribution in [0.2, 0.25) is 0 Å². The molecule has 7 nitrogen and oxygen atoms in total. The van der Waals surface area contributed by atoms with Crippen LogP contribution < -0.4 is 5.32 Å². The number of aryl methyl sites for hydroxylation is 2. The third kappa shape index (κ3) is 3.56. The number of hydrogen-bond acceptors (Lipinski definition) is 5. The molecule has 3 heterocycles. The highest BCUT2D eigenvalue weighted by atomic mass is 32.1. The van der Waals surface area contributed by atoms with Crippen LogP contribution >= 0.6 is 11.3 Å². The fraction of sp³-hybridized carbons (Fsp3) is 0.211. The van der Waals surface area contributed by atoms with Crippen molar-refractivity contribution < 1.29 is 9.90 Å². The number of rotatable bonds is 6. The van der Waals surface area contributed by atoms with E-state index in [4.69, 9.17) is 0 Å². The number of nitrogens with one attached hydrogen (secondary N) is 2. The molecule has 4 aromatic rings. The van der Waals surface area contributed by atoms with Crippen LogP contribution in [0.15, 0.2) is 42.2 Å². The number of fused-ring (bicyclic) bond motifs is 1. The molecule has 0 aliphatic heterocycles. The Hall–Kier alpha value is -3.13. The Labute approximate surface area is 159 Å². The fourth-order valence-corrected chi connectivity index (χ4v) is 3.61. The Morgan fingerprint density at radius 1 is 1.37 bits per heavy atom. The Morgan fingerprint density at radius 3 is 3.00 bits per heavy atom. The Morgan fingerprint density at radius 2 is 2.26 bits per heavy atom. The summed E-state index contributed by atoms with van der Waals surface area (Å²) in [5.74, 6) is 0.518. The number of H-pyrrole nitrogens is 1. The number of aromatic hydroxyl groups is 1. The summed E-state index contributed by atoms with van der Waals surface area (Å²) >= 11 is 1.54. The van der Waals surface area contributed by atoms with Gasteiger partial charge in [-0.2, -0.15) is 0 Å². The molecule has 1 amide bonds. The van der Waals surface area contributed by atoms with E-state index in [1.54, 1.807) is 23.7 Å². The minimum absolute atomic E-state index is 0.0762. The maximum Gasteiger partial charge on any atom is 0.253 e. The maximum absolute atomic E-state index is 12.6. The average molecular weight is 381 g/mol. The monoisotopic (exact) mass is 381 g/mol. The van der Waals surface area contributed by atoms with Gasteiger partial charge in [-0.1, -0.05) is 6.07 Å². The summed E-state index contributed by atoms with van der Waals surface area (Å²) in [7, 11) is 0. The summed E-state index contributed by atoms with van der Waals surface area (Å²) in [6, 6.07) is 6.99. The van der Waals surface area contributed by atoms with Gasteiger partial charge in [-0.05, 0) is 36.9 Å². The van der Waals surface area contributed by atoms with Crippen molar-refractivity contribution in [1.82, 2.24) is 24.8 Å². The highest BCUT2D eigenvalue weighted by Crippen LogP contribution is 2.30. The molecule has 0 bridgehead atoms. The molecule has 0 saturated heterocycles. The van der Waals surface area contributed by atoms with E-state index in [2.05, 4.69) is 20.3 Å². The number of carbonyl (C=O) groups is 1. The van der Waals surface area contributed by atoms with Crippen molar-refractivity contribution in [2.24, 2.45) is 0 Å². The largest absolute Gasteiger partial charge is 0.506 e. The minimum atomic E-state index is -0.203. The smallest absolute Gasteiger partial charge is 0.253 e. The zero-order valence-electron chi connectivity index (χ0n) is 14.8. The number of carbonyl (C=O) groups excluding carboxylic acids is 1. The second-order valence-electron chi connectivity index (χ2n) is 6.28. The van der Waals surface area contributed by atoms with Gasteiger partial charge in [0.15, 0.2) is 0 Å². The first-order valence-electron chi connectivity index (χ1n) is 8.64. The Balaban J connectivity index is 1.48. The third-order valence-electron chi connectivity index (χ3n) is 4.26. The second-order valence-corrected chi connectivity index (χ2v) is 7.23. The minimum Gasteiger partial charge on any atom is -0.506 e. The molecule has 8 heteroatoms. The number of nitrogens with zero attached hydrogens (tertiary/aromatic N) is 3. The summed E-state index contributed by atoms with van der Waals surface area (Å²) < 4.78 is 2.00. The SMILES string of the molecule is Cc1cn(CCCNC(=O)c2ccc(O)c3[nH]c(-c4cccs4)nc23)cn1. The average Bonchev–Trinajstić information content (AvgIpc) is 3.39. The van der Waals surface area contributed by atoms with Crippen molar-refractivity contribution in [2.75, 3.05) is 6.54 Å². The second kappa shape index (κ2) is 7.24. The van der Waals surface area contributed by atoms with E-state index in [0.717, 1.165) is 23.5 Å². The first-order chi connectivity index (χ1) is 13.1. The van der Waals surface area contributed by atoms with E-state index in [9.17, 15) is 9.90 Å². The van der Waals surface area contributed by atoms with Crippen LogP contribution in [0.3, 0.4) is 0 Å². The summed E-state index contributed by atoms with van der Waals surface area (Å²) in [6.07, 6.45) is 4.56. The van der Waals surface area contributed by atoms with E-state index >= 15 is 0 Å². The molecule has 3 N–H and O–H groups in total. The number of thiophene rings is 1. The first-order valence-corrected chi connectivity index (χ1v) is 9.52. The summed E-state index contributed by atoms with van der Waals surface area (Å²) in [5.41, 5.74) is 2.37. The highest BCUT2D eigenvalue weighted by Gasteiger charge is 2.17. The topological polar surface area (TPSA) is 95.8 Å². The predicted molar refractivity (Wildman–Crippen MR) is 105 cm³/mol. The molecular weight excluding hydrogens is 362 g/mol. The summed E-state index contributed by atoms with van der Waals surface area (Å²) in [6.45, 7) is 3.28. The number of amides is 1. The number of hydrogen-bond donors (Lipinski definition) is 3. The number of benzene rings is 1. The zero-order valence-corrected chi connectivity index (χ0v) is 15.6. The van der Waals surface area contributed by atoms with Crippen molar-refractivity contribution >= 4 is 28.3 Å². The molecule has 0 aliphatic rings. The van der Waals surface area contributed by atoms with Gasteiger partial charge in [0.05, 0.1) is 22.5 Å². The zero-order chi connectivity index (χ0) is 18.8. The Bertz CT molecular complexity index is 1080.